The fourth-order valence-electron chi connectivity index (χ4n) is 5.84. The SMILES string of the molecule is CN1CC[C@H](c2ccc(F)cc2)[C@@H](C(=O)O[C@H]2CCCC[C@@H]2C(C)(C)c2ccccc2)C1. The molecule has 2 fully saturated rings. The van der Waals surface area contributed by atoms with E-state index in [0.29, 0.717) is 12.5 Å². The van der Waals surface area contributed by atoms with E-state index in [1.165, 1.54) is 24.1 Å². The second-order valence-electron chi connectivity index (χ2n) is 10.3. The van der Waals surface area contributed by atoms with Crippen LogP contribution in [0.5, 0.6) is 0 Å². The highest BCUT2D eigenvalue weighted by molar-refractivity contribution is 5.74. The number of piperidine rings is 1. The lowest BCUT2D eigenvalue weighted by Gasteiger charge is -2.43. The van der Waals surface area contributed by atoms with Crippen LogP contribution in [0.4, 0.5) is 4.39 Å². The third-order valence-electron chi connectivity index (χ3n) is 7.83. The molecule has 0 unspecified atom stereocenters. The summed E-state index contributed by atoms with van der Waals surface area (Å²) in [5.41, 5.74) is 2.27. The number of carbonyl (C=O) groups excluding carboxylic acids is 1. The van der Waals surface area contributed by atoms with Crippen LogP contribution in [0.2, 0.25) is 0 Å². The van der Waals surface area contributed by atoms with Crippen LogP contribution in [0.3, 0.4) is 0 Å². The molecule has 1 heterocycles. The number of esters is 1. The second-order valence-corrected chi connectivity index (χ2v) is 10.3. The molecule has 0 radical (unpaired) electrons. The first kappa shape index (κ1) is 23.0. The molecule has 0 N–H and O–H groups in total. The molecule has 0 aromatic heterocycles. The Balaban J connectivity index is 1.54. The van der Waals surface area contributed by atoms with Crippen molar-refractivity contribution in [3.05, 3.63) is 71.5 Å². The van der Waals surface area contributed by atoms with E-state index < -0.39 is 0 Å². The lowest BCUT2D eigenvalue weighted by atomic mass is 9.66. The van der Waals surface area contributed by atoms with Crippen molar-refractivity contribution in [2.75, 3.05) is 20.1 Å². The van der Waals surface area contributed by atoms with E-state index in [1.54, 1.807) is 0 Å². The van der Waals surface area contributed by atoms with Crippen LogP contribution in [-0.4, -0.2) is 37.1 Å². The summed E-state index contributed by atoms with van der Waals surface area (Å²) in [6.07, 6.45) is 5.10. The summed E-state index contributed by atoms with van der Waals surface area (Å²) in [6.45, 7) is 6.18. The Morgan fingerprint density at radius 1 is 1.00 bits per heavy atom. The smallest absolute Gasteiger partial charge is 0.311 e. The van der Waals surface area contributed by atoms with Gasteiger partial charge in [0.1, 0.15) is 11.9 Å². The zero-order chi connectivity index (χ0) is 22.7. The van der Waals surface area contributed by atoms with Gasteiger partial charge in [0.2, 0.25) is 0 Å². The number of hydrogen-bond acceptors (Lipinski definition) is 3. The van der Waals surface area contributed by atoms with Gasteiger partial charge in [-0.1, -0.05) is 62.7 Å². The van der Waals surface area contributed by atoms with Crippen molar-refractivity contribution >= 4 is 5.97 Å². The van der Waals surface area contributed by atoms with Crippen LogP contribution < -0.4 is 0 Å². The Morgan fingerprint density at radius 2 is 1.69 bits per heavy atom. The van der Waals surface area contributed by atoms with Gasteiger partial charge in [-0.05, 0) is 73.9 Å². The van der Waals surface area contributed by atoms with Crippen LogP contribution in [0.1, 0.15) is 63.0 Å². The van der Waals surface area contributed by atoms with Gasteiger partial charge in [0.15, 0.2) is 0 Å². The maximum absolute atomic E-state index is 13.5. The van der Waals surface area contributed by atoms with Gasteiger partial charge < -0.3 is 9.64 Å². The van der Waals surface area contributed by atoms with Crippen molar-refractivity contribution in [2.24, 2.45) is 11.8 Å². The molecule has 2 aliphatic rings. The number of benzene rings is 2. The number of hydrogen-bond donors (Lipinski definition) is 0. The van der Waals surface area contributed by atoms with E-state index in [-0.39, 0.29) is 35.1 Å². The molecule has 1 saturated heterocycles. The fourth-order valence-corrected chi connectivity index (χ4v) is 5.84. The summed E-state index contributed by atoms with van der Waals surface area (Å²) in [6, 6.07) is 17.2. The number of ether oxygens (including phenoxy) is 1. The van der Waals surface area contributed by atoms with E-state index >= 15 is 0 Å². The fraction of sp³-hybridized carbons (Fsp3) is 0.536. The Kier molecular flexibility index (Phi) is 6.99. The van der Waals surface area contributed by atoms with Crippen molar-refractivity contribution in [1.29, 1.82) is 0 Å². The van der Waals surface area contributed by atoms with Crippen molar-refractivity contribution < 1.29 is 13.9 Å². The topological polar surface area (TPSA) is 29.5 Å². The van der Waals surface area contributed by atoms with E-state index in [0.717, 1.165) is 37.8 Å². The standard InChI is InChI=1S/C28H36FNO2/c1-28(2,21-9-5-4-6-10-21)25-11-7-8-12-26(25)32-27(31)24-19-30(3)18-17-23(24)20-13-15-22(29)16-14-20/h4-6,9-10,13-16,23-26H,7-8,11-12,17-19H2,1-3H3/t23-,24+,25+,26+/m1/s1. The average Bonchev–Trinajstić information content (AvgIpc) is 2.80. The zero-order valence-corrected chi connectivity index (χ0v) is 19.6. The van der Waals surface area contributed by atoms with E-state index in [9.17, 15) is 9.18 Å². The molecule has 0 spiro atoms. The molecule has 4 atom stereocenters. The summed E-state index contributed by atoms with van der Waals surface area (Å²) in [5, 5.41) is 0. The minimum Gasteiger partial charge on any atom is -0.462 e. The summed E-state index contributed by atoms with van der Waals surface area (Å²) in [7, 11) is 2.06. The molecule has 172 valence electrons. The minimum atomic E-state index is -0.242. The Labute approximate surface area is 192 Å². The first-order chi connectivity index (χ1) is 15.4. The van der Waals surface area contributed by atoms with Crippen LogP contribution in [0, 0.1) is 17.7 Å². The average molecular weight is 438 g/mol. The molecule has 0 amide bonds. The molecule has 1 aliphatic carbocycles. The Hall–Kier alpha value is -2.20. The summed E-state index contributed by atoms with van der Waals surface area (Å²) in [4.78, 5) is 15.8. The highest BCUT2D eigenvalue weighted by Gasteiger charge is 2.42. The van der Waals surface area contributed by atoms with Crippen molar-refractivity contribution in [2.45, 2.75) is 63.4 Å². The lowest BCUT2D eigenvalue weighted by Crippen LogP contribution is -2.46. The molecule has 32 heavy (non-hydrogen) atoms. The van der Waals surface area contributed by atoms with Crippen LogP contribution in [0.15, 0.2) is 54.6 Å². The predicted octanol–water partition coefficient (Wildman–Crippen LogP) is 5.94. The van der Waals surface area contributed by atoms with Gasteiger partial charge in [0.25, 0.3) is 0 Å². The van der Waals surface area contributed by atoms with Gasteiger partial charge in [0.05, 0.1) is 5.92 Å². The summed E-state index contributed by atoms with van der Waals surface area (Å²) < 4.78 is 19.8. The maximum atomic E-state index is 13.5. The molecule has 2 aromatic carbocycles. The second kappa shape index (κ2) is 9.74. The van der Waals surface area contributed by atoms with E-state index in [4.69, 9.17) is 4.74 Å². The first-order valence-corrected chi connectivity index (χ1v) is 12.1. The van der Waals surface area contributed by atoms with Crippen LogP contribution in [-0.2, 0) is 14.9 Å². The molecular formula is C28H36FNO2. The predicted molar refractivity (Wildman–Crippen MR) is 126 cm³/mol. The van der Waals surface area contributed by atoms with Gasteiger partial charge >= 0.3 is 5.97 Å². The van der Waals surface area contributed by atoms with E-state index in [1.807, 2.05) is 18.2 Å². The number of rotatable bonds is 5. The normalized spacial score (nSPS) is 27.1. The number of nitrogens with zero attached hydrogens (tertiary/aromatic N) is 1. The zero-order valence-electron chi connectivity index (χ0n) is 19.6. The van der Waals surface area contributed by atoms with Crippen molar-refractivity contribution in [1.82, 2.24) is 4.90 Å². The highest BCUT2D eigenvalue weighted by Crippen LogP contribution is 2.43. The Morgan fingerprint density at radius 3 is 2.41 bits per heavy atom. The molecule has 4 rings (SSSR count). The largest absolute Gasteiger partial charge is 0.462 e. The maximum Gasteiger partial charge on any atom is 0.311 e. The molecule has 1 aliphatic heterocycles. The molecule has 2 aromatic rings. The third kappa shape index (κ3) is 4.91. The van der Waals surface area contributed by atoms with Gasteiger partial charge in [-0.2, -0.15) is 0 Å². The molecule has 0 bridgehead atoms. The molecule has 3 nitrogen and oxygen atoms in total. The molecule has 1 saturated carbocycles. The molecular weight excluding hydrogens is 401 g/mol. The lowest BCUT2D eigenvalue weighted by molar-refractivity contribution is -0.163. The summed E-state index contributed by atoms with van der Waals surface area (Å²) >= 11 is 0. The van der Waals surface area contributed by atoms with Crippen molar-refractivity contribution in [3.63, 3.8) is 0 Å². The number of halogens is 1. The summed E-state index contributed by atoms with van der Waals surface area (Å²) in [5.74, 6) is -0.182. The van der Waals surface area contributed by atoms with Gasteiger partial charge in [-0.25, -0.2) is 4.39 Å². The minimum absolute atomic E-state index is 0.0624. The van der Waals surface area contributed by atoms with Gasteiger partial charge in [-0.3, -0.25) is 4.79 Å². The monoisotopic (exact) mass is 437 g/mol. The first-order valence-electron chi connectivity index (χ1n) is 12.1. The van der Waals surface area contributed by atoms with Gasteiger partial charge in [0, 0.05) is 12.5 Å². The number of likely N-dealkylation sites (tertiary alicyclic amines) is 1. The number of carbonyl (C=O) groups is 1. The highest BCUT2D eigenvalue weighted by atomic mass is 19.1. The third-order valence-corrected chi connectivity index (χ3v) is 7.83. The van der Waals surface area contributed by atoms with Crippen LogP contribution >= 0.6 is 0 Å². The molecule has 4 heteroatoms. The van der Waals surface area contributed by atoms with Crippen LogP contribution in [0.25, 0.3) is 0 Å². The van der Waals surface area contributed by atoms with Crippen molar-refractivity contribution in [3.8, 4) is 0 Å². The quantitative estimate of drug-likeness (QED) is 0.542. The van der Waals surface area contributed by atoms with E-state index in [2.05, 4.69) is 50.1 Å². The van der Waals surface area contributed by atoms with Gasteiger partial charge in [-0.15, -0.1) is 0 Å². The Bertz CT molecular complexity index is 895.